The maximum atomic E-state index is 12.1. The topological polar surface area (TPSA) is 79.2 Å². The Balaban J connectivity index is 1.94. The quantitative estimate of drug-likeness (QED) is 0.722. The van der Waals surface area contributed by atoms with Crippen LogP contribution in [0.4, 0.5) is 4.79 Å². The van der Waals surface area contributed by atoms with E-state index in [-0.39, 0.29) is 24.5 Å². The summed E-state index contributed by atoms with van der Waals surface area (Å²) in [7, 11) is 0. The van der Waals surface area contributed by atoms with E-state index >= 15 is 0 Å². The van der Waals surface area contributed by atoms with E-state index in [9.17, 15) is 9.90 Å². The van der Waals surface area contributed by atoms with Crippen molar-refractivity contribution in [1.29, 1.82) is 0 Å². The highest BCUT2D eigenvalue weighted by Gasteiger charge is 2.27. The highest BCUT2D eigenvalue weighted by molar-refractivity contribution is 5.74. The Labute approximate surface area is 149 Å². The van der Waals surface area contributed by atoms with Crippen molar-refractivity contribution in [2.24, 2.45) is 5.92 Å². The van der Waals surface area contributed by atoms with Gasteiger partial charge in [0, 0.05) is 24.6 Å². The first-order chi connectivity index (χ1) is 11.8. The molecule has 0 aliphatic rings. The van der Waals surface area contributed by atoms with Gasteiger partial charge >= 0.3 is 6.03 Å². The first kappa shape index (κ1) is 19.0. The van der Waals surface area contributed by atoms with Gasteiger partial charge in [0.05, 0.1) is 18.0 Å². The minimum Gasteiger partial charge on any atom is -0.388 e. The van der Waals surface area contributed by atoms with Crippen LogP contribution < -0.4 is 10.6 Å². The highest BCUT2D eigenvalue weighted by Crippen LogP contribution is 2.19. The van der Waals surface area contributed by atoms with E-state index in [1.54, 1.807) is 19.4 Å². The van der Waals surface area contributed by atoms with Crippen LogP contribution in [0.2, 0.25) is 0 Å². The molecule has 6 nitrogen and oxygen atoms in total. The zero-order valence-electron chi connectivity index (χ0n) is 15.4. The zero-order chi connectivity index (χ0) is 18.4. The SMILES string of the molecule is CCC(C)C(C)(O)CNC(=O)NC(C)c1cccc(-n2ccnc2)c1. The molecule has 0 aliphatic heterocycles. The maximum absolute atomic E-state index is 12.1. The molecule has 2 amide bonds. The van der Waals surface area contributed by atoms with Gasteiger partial charge in [-0.25, -0.2) is 9.78 Å². The highest BCUT2D eigenvalue weighted by atomic mass is 16.3. The van der Waals surface area contributed by atoms with Crippen LogP contribution in [0, 0.1) is 5.92 Å². The molecule has 0 aliphatic carbocycles. The van der Waals surface area contributed by atoms with Gasteiger partial charge in [-0.15, -0.1) is 0 Å². The summed E-state index contributed by atoms with van der Waals surface area (Å²) in [5.41, 5.74) is 1.07. The number of rotatable bonds is 7. The summed E-state index contributed by atoms with van der Waals surface area (Å²) in [5.74, 6) is 0.108. The number of urea groups is 1. The van der Waals surface area contributed by atoms with Crippen molar-refractivity contribution in [2.45, 2.75) is 45.8 Å². The number of aliphatic hydroxyl groups is 1. The van der Waals surface area contributed by atoms with Crippen LogP contribution in [0.5, 0.6) is 0 Å². The largest absolute Gasteiger partial charge is 0.388 e. The lowest BCUT2D eigenvalue weighted by Crippen LogP contribution is -2.48. The number of hydrogen-bond donors (Lipinski definition) is 3. The number of nitrogens with zero attached hydrogens (tertiary/aromatic N) is 2. The van der Waals surface area contributed by atoms with E-state index < -0.39 is 5.60 Å². The van der Waals surface area contributed by atoms with Crippen molar-refractivity contribution in [3.8, 4) is 5.69 Å². The van der Waals surface area contributed by atoms with Gasteiger partial charge in [-0.2, -0.15) is 0 Å². The molecule has 0 saturated carbocycles. The Morgan fingerprint density at radius 1 is 1.40 bits per heavy atom. The second-order valence-corrected chi connectivity index (χ2v) is 6.78. The number of imidazole rings is 1. The molecule has 3 atom stereocenters. The van der Waals surface area contributed by atoms with Gasteiger partial charge in [-0.05, 0) is 37.5 Å². The molecule has 1 aromatic carbocycles. The van der Waals surface area contributed by atoms with E-state index in [0.29, 0.717) is 0 Å². The van der Waals surface area contributed by atoms with Crippen molar-refractivity contribution < 1.29 is 9.90 Å². The summed E-state index contributed by atoms with van der Waals surface area (Å²) in [5, 5.41) is 16.1. The number of benzene rings is 1. The minimum absolute atomic E-state index is 0.108. The molecule has 0 spiro atoms. The van der Waals surface area contributed by atoms with E-state index in [1.807, 2.05) is 55.8 Å². The summed E-state index contributed by atoms with van der Waals surface area (Å²) in [6, 6.07) is 7.49. The van der Waals surface area contributed by atoms with Gasteiger partial charge in [-0.3, -0.25) is 0 Å². The third-order valence-electron chi connectivity index (χ3n) is 4.80. The third-order valence-corrected chi connectivity index (χ3v) is 4.80. The molecule has 3 N–H and O–H groups in total. The summed E-state index contributed by atoms with van der Waals surface area (Å²) in [6.45, 7) is 7.90. The Kier molecular flexibility index (Phi) is 6.20. The maximum Gasteiger partial charge on any atom is 0.315 e. The predicted molar refractivity (Wildman–Crippen MR) is 98.6 cm³/mol. The molecule has 6 heteroatoms. The third kappa shape index (κ3) is 5.06. The van der Waals surface area contributed by atoms with E-state index in [2.05, 4.69) is 15.6 Å². The summed E-state index contributed by atoms with van der Waals surface area (Å²) in [4.78, 5) is 16.2. The Hall–Kier alpha value is -2.34. The lowest BCUT2D eigenvalue weighted by atomic mass is 9.89. The molecule has 2 aromatic rings. The molecule has 0 bridgehead atoms. The summed E-state index contributed by atoms with van der Waals surface area (Å²) >= 11 is 0. The smallest absolute Gasteiger partial charge is 0.315 e. The molecule has 1 heterocycles. The van der Waals surface area contributed by atoms with Crippen molar-refractivity contribution in [3.63, 3.8) is 0 Å². The average Bonchev–Trinajstić information content (AvgIpc) is 3.14. The fourth-order valence-electron chi connectivity index (χ4n) is 2.57. The molecule has 25 heavy (non-hydrogen) atoms. The second kappa shape index (κ2) is 8.16. The number of amides is 2. The Morgan fingerprint density at radius 3 is 2.80 bits per heavy atom. The van der Waals surface area contributed by atoms with E-state index in [4.69, 9.17) is 0 Å². The molecule has 2 rings (SSSR count). The van der Waals surface area contributed by atoms with Crippen molar-refractivity contribution >= 4 is 6.03 Å². The van der Waals surface area contributed by atoms with Crippen LogP contribution in [0.1, 0.15) is 45.7 Å². The van der Waals surface area contributed by atoms with Gasteiger partial charge in [0.2, 0.25) is 0 Å². The molecule has 0 fully saturated rings. The van der Waals surface area contributed by atoms with Gasteiger partial charge in [0.15, 0.2) is 0 Å². The second-order valence-electron chi connectivity index (χ2n) is 6.78. The number of hydrogen-bond acceptors (Lipinski definition) is 3. The fourth-order valence-corrected chi connectivity index (χ4v) is 2.57. The van der Waals surface area contributed by atoms with Crippen LogP contribution in [0.15, 0.2) is 43.0 Å². The number of carbonyl (C=O) groups excluding carboxylic acids is 1. The molecule has 3 unspecified atom stereocenters. The van der Waals surface area contributed by atoms with E-state index in [1.165, 1.54) is 0 Å². The van der Waals surface area contributed by atoms with Crippen LogP contribution in [0.25, 0.3) is 5.69 Å². The number of carbonyl (C=O) groups is 1. The summed E-state index contributed by atoms with van der Waals surface area (Å²) in [6.07, 6.45) is 6.19. The van der Waals surface area contributed by atoms with Gasteiger partial charge in [0.1, 0.15) is 0 Å². The first-order valence-electron chi connectivity index (χ1n) is 8.68. The Bertz CT molecular complexity index is 682. The van der Waals surface area contributed by atoms with Crippen LogP contribution in [-0.4, -0.2) is 32.8 Å². The van der Waals surface area contributed by atoms with Gasteiger partial charge in [0.25, 0.3) is 0 Å². The number of nitrogens with one attached hydrogen (secondary N) is 2. The lowest BCUT2D eigenvalue weighted by Gasteiger charge is -2.30. The van der Waals surface area contributed by atoms with Gasteiger partial charge < -0.3 is 20.3 Å². The first-order valence-corrected chi connectivity index (χ1v) is 8.68. The number of aromatic nitrogens is 2. The molecular formula is C19H28N4O2. The van der Waals surface area contributed by atoms with Crippen molar-refractivity contribution in [3.05, 3.63) is 48.5 Å². The molecule has 0 radical (unpaired) electrons. The fraction of sp³-hybridized carbons (Fsp3) is 0.474. The Morgan fingerprint density at radius 2 is 2.16 bits per heavy atom. The van der Waals surface area contributed by atoms with Crippen LogP contribution in [0.3, 0.4) is 0 Å². The monoisotopic (exact) mass is 344 g/mol. The standard InChI is InChI=1S/C19H28N4O2/c1-5-14(2)19(4,25)12-21-18(24)22-15(3)16-7-6-8-17(11-16)23-10-9-20-13-23/h6-11,13-15,25H,5,12H2,1-4H3,(H2,21,22,24). The lowest BCUT2D eigenvalue weighted by molar-refractivity contribution is 0.00785. The van der Waals surface area contributed by atoms with Crippen molar-refractivity contribution in [1.82, 2.24) is 20.2 Å². The molecular weight excluding hydrogens is 316 g/mol. The normalized spacial score (nSPS) is 15.9. The van der Waals surface area contributed by atoms with E-state index in [0.717, 1.165) is 17.7 Å². The average molecular weight is 344 g/mol. The van der Waals surface area contributed by atoms with Crippen LogP contribution in [-0.2, 0) is 0 Å². The van der Waals surface area contributed by atoms with Crippen molar-refractivity contribution in [2.75, 3.05) is 6.54 Å². The summed E-state index contributed by atoms with van der Waals surface area (Å²) < 4.78 is 1.92. The van der Waals surface area contributed by atoms with Crippen LogP contribution >= 0.6 is 0 Å². The molecule has 0 saturated heterocycles. The minimum atomic E-state index is -0.920. The molecule has 1 aromatic heterocycles. The predicted octanol–water partition coefficient (Wildman–Crippen LogP) is 3.03. The van der Waals surface area contributed by atoms with Gasteiger partial charge in [-0.1, -0.05) is 32.4 Å². The zero-order valence-corrected chi connectivity index (χ0v) is 15.4. The molecule has 136 valence electrons.